The third-order valence-corrected chi connectivity index (χ3v) is 4.02. The number of piperidine rings is 1. The second-order valence-corrected chi connectivity index (χ2v) is 5.75. The Balaban J connectivity index is 1.68. The summed E-state index contributed by atoms with van der Waals surface area (Å²) in [5.41, 5.74) is 0.582. The number of aromatic nitrogens is 2. The van der Waals surface area contributed by atoms with Gasteiger partial charge >= 0.3 is 5.97 Å². The summed E-state index contributed by atoms with van der Waals surface area (Å²) < 4.78 is 18.6. The first-order valence-corrected chi connectivity index (χ1v) is 7.65. The molecule has 0 spiro atoms. The van der Waals surface area contributed by atoms with Crippen LogP contribution in [0.5, 0.6) is 0 Å². The first kappa shape index (κ1) is 15.6. The highest BCUT2D eigenvalue weighted by atomic mass is 19.1. The second kappa shape index (κ2) is 6.87. The van der Waals surface area contributed by atoms with E-state index in [1.54, 1.807) is 12.1 Å². The van der Waals surface area contributed by atoms with Gasteiger partial charge in [-0.3, -0.25) is 4.79 Å². The van der Waals surface area contributed by atoms with Gasteiger partial charge in [0.15, 0.2) is 0 Å². The summed E-state index contributed by atoms with van der Waals surface area (Å²) in [5.74, 6) is -0.136. The predicted molar refractivity (Wildman–Crippen MR) is 80.4 cm³/mol. The summed E-state index contributed by atoms with van der Waals surface area (Å²) in [4.78, 5) is 17.2. The molecule has 1 aromatic heterocycles. The number of hydrogen-bond donors (Lipinski definition) is 1. The van der Waals surface area contributed by atoms with Crippen molar-refractivity contribution in [2.45, 2.75) is 25.2 Å². The molecule has 0 aliphatic carbocycles. The molecule has 1 atom stereocenters. The van der Waals surface area contributed by atoms with Crippen LogP contribution in [0, 0.1) is 5.82 Å². The van der Waals surface area contributed by atoms with Crippen LogP contribution in [0.15, 0.2) is 28.8 Å². The van der Waals surface area contributed by atoms with Gasteiger partial charge in [-0.25, -0.2) is 4.39 Å². The molecule has 23 heavy (non-hydrogen) atoms. The lowest BCUT2D eigenvalue weighted by Crippen LogP contribution is -2.35. The average Bonchev–Trinajstić information content (AvgIpc) is 3.03. The number of aliphatic carboxylic acids is 1. The molecule has 3 rings (SSSR count). The Kier molecular flexibility index (Phi) is 4.66. The zero-order valence-electron chi connectivity index (χ0n) is 12.6. The van der Waals surface area contributed by atoms with Gasteiger partial charge in [0.05, 0.1) is 12.3 Å². The number of halogens is 1. The molecule has 122 valence electrons. The van der Waals surface area contributed by atoms with Crippen molar-refractivity contribution in [3.8, 4) is 11.4 Å². The smallest absolute Gasteiger partial charge is 0.304 e. The van der Waals surface area contributed by atoms with E-state index in [2.05, 4.69) is 15.0 Å². The molecule has 0 bridgehead atoms. The molecule has 1 fully saturated rings. The summed E-state index contributed by atoms with van der Waals surface area (Å²) in [7, 11) is 0. The first-order valence-electron chi connectivity index (χ1n) is 7.65. The third kappa shape index (κ3) is 3.92. The molecule has 1 N–H and O–H groups in total. The molecule has 7 heteroatoms. The quantitative estimate of drug-likeness (QED) is 0.912. The second-order valence-electron chi connectivity index (χ2n) is 5.75. The van der Waals surface area contributed by atoms with Crippen molar-refractivity contribution in [1.29, 1.82) is 0 Å². The minimum Gasteiger partial charge on any atom is -0.481 e. The van der Waals surface area contributed by atoms with Gasteiger partial charge < -0.3 is 14.5 Å². The average molecular weight is 319 g/mol. The van der Waals surface area contributed by atoms with Crippen LogP contribution in [0.1, 0.15) is 31.1 Å². The van der Waals surface area contributed by atoms with Crippen molar-refractivity contribution >= 4 is 5.97 Å². The molecule has 0 saturated carbocycles. The molecule has 1 aliphatic heterocycles. The molecule has 2 aromatic rings. The van der Waals surface area contributed by atoms with E-state index in [-0.39, 0.29) is 18.2 Å². The number of carboxylic acids is 1. The maximum absolute atomic E-state index is 13.3. The SMILES string of the molecule is O=C(O)CCN1CCC[C@@H](c2nc(-c3cccc(F)c3)no2)C1. The largest absolute Gasteiger partial charge is 0.481 e. The van der Waals surface area contributed by atoms with E-state index in [1.165, 1.54) is 12.1 Å². The topological polar surface area (TPSA) is 79.5 Å². The van der Waals surface area contributed by atoms with Crippen LogP contribution < -0.4 is 0 Å². The summed E-state index contributed by atoms with van der Waals surface area (Å²) in [6.07, 6.45) is 2.02. The Morgan fingerprint density at radius 2 is 2.35 bits per heavy atom. The highest BCUT2D eigenvalue weighted by Gasteiger charge is 2.26. The summed E-state index contributed by atoms with van der Waals surface area (Å²) in [6, 6.07) is 6.08. The van der Waals surface area contributed by atoms with Crippen LogP contribution in [0.3, 0.4) is 0 Å². The van der Waals surface area contributed by atoms with Gasteiger partial charge in [0.25, 0.3) is 0 Å². The van der Waals surface area contributed by atoms with Gasteiger partial charge in [0.2, 0.25) is 11.7 Å². The normalized spacial score (nSPS) is 18.9. The van der Waals surface area contributed by atoms with Crippen molar-refractivity contribution in [1.82, 2.24) is 15.0 Å². The van der Waals surface area contributed by atoms with E-state index >= 15 is 0 Å². The molecule has 1 aromatic carbocycles. The Morgan fingerprint density at radius 3 is 3.13 bits per heavy atom. The lowest BCUT2D eigenvalue weighted by Gasteiger charge is -2.30. The zero-order chi connectivity index (χ0) is 16.2. The number of hydrogen-bond acceptors (Lipinski definition) is 5. The fourth-order valence-electron chi connectivity index (χ4n) is 2.86. The fourth-order valence-corrected chi connectivity index (χ4v) is 2.86. The van der Waals surface area contributed by atoms with E-state index in [1.807, 2.05) is 0 Å². The highest BCUT2D eigenvalue weighted by molar-refractivity contribution is 5.66. The lowest BCUT2D eigenvalue weighted by molar-refractivity contribution is -0.137. The van der Waals surface area contributed by atoms with Crippen LogP contribution in [0.25, 0.3) is 11.4 Å². The molecule has 0 radical (unpaired) electrons. The molecular formula is C16H18FN3O3. The van der Waals surface area contributed by atoms with Crippen LogP contribution in [-0.2, 0) is 4.79 Å². The first-order chi connectivity index (χ1) is 11.1. The monoisotopic (exact) mass is 319 g/mol. The number of carbonyl (C=O) groups is 1. The lowest BCUT2D eigenvalue weighted by atomic mass is 9.98. The van der Waals surface area contributed by atoms with Crippen molar-refractivity contribution < 1.29 is 18.8 Å². The maximum atomic E-state index is 13.3. The van der Waals surface area contributed by atoms with E-state index in [0.717, 1.165) is 19.4 Å². The van der Waals surface area contributed by atoms with Crippen molar-refractivity contribution in [2.24, 2.45) is 0 Å². The Hall–Kier alpha value is -2.28. The molecule has 1 aliphatic rings. The number of benzene rings is 1. The van der Waals surface area contributed by atoms with E-state index in [4.69, 9.17) is 9.63 Å². The van der Waals surface area contributed by atoms with E-state index in [9.17, 15) is 9.18 Å². The summed E-state index contributed by atoms with van der Waals surface area (Å²) in [5, 5.41) is 12.7. The number of carboxylic acid groups (broad SMARTS) is 1. The van der Waals surface area contributed by atoms with Crippen LogP contribution in [0.4, 0.5) is 4.39 Å². The third-order valence-electron chi connectivity index (χ3n) is 4.02. The molecule has 0 unspecified atom stereocenters. The Bertz CT molecular complexity index is 689. The van der Waals surface area contributed by atoms with Gasteiger partial charge in [-0.2, -0.15) is 4.98 Å². The van der Waals surface area contributed by atoms with Gasteiger partial charge in [-0.05, 0) is 31.5 Å². The standard InChI is InChI=1S/C16H18FN3O3/c17-13-5-1-3-11(9-13)15-18-16(23-19-15)12-4-2-7-20(10-12)8-6-14(21)22/h1,3,5,9,12H,2,4,6-8,10H2,(H,21,22)/t12-/m1/s1. The van der Waals surface area contributed by atoms with E-state index in [0.29, 0.717) is 30.4 Å². The molecule has 2 heterocycles. The minimum atomic E-state index is -0.793. The van der Waals surface area contributed by atoms with Crippen molar-refractivity contribution in [2.75, 3.05) is 19.6 Å². The zero-order valence-corrected chi connectivity index (χ0v) is 12.6. The number of nitrogens with zero attached hydrogens (tertiary/aromatic N) is 3. The fraction of sp³-hybridized carbons (Fsp3) is 0.438. The minimum absolute atomic E-state index is 0.0901. The van der Waals surface area contributed by atoms with Crippen molar-refractivity contribution in [3.63, 3.8) is 0 Å². The van der Waals surface area contributed by atoms with E-state index < -0.39 is 5.97 Å². The Labute approximate surface area is 132 Å². The summed E-state index contributed by atoms with van der Waals surface area (Å²) in [6.45, 7) is 2.11. The van der Waals surface area contributed by atoms with Crippen LogP contribution in [0.2, 0.25) is 0 Å². The molecule has 6 nitrogen and oxygen atoms in total. The van der Waals surface area contributed by atoms with Crippen molar-refractivity contribution in [3.05, 3.63) is 36.0 Å². The predicted octanol–water partition coefficient (Wildman–Crippen LogP) is 2.53. The van der Waals surface area contributed by atoms with Crippen LogP contribution >= 0.6 is 0 Å². The maximum Gasteiger partial charge on any atom is 0.304 e. The Morgan fingerprint density at radius 1 is 1.48 bits per heavy atom. The number of rotatable bonds is 5. The highest BCUT2D eigenvalue weighted by Crippen LogP contribution is 2.27. The van der Waals surface area contributed by atoms with Gasteiger partial charge in [0.1, 0.15) is 5.82 Å². The van der Waals surface area contributed by atoms with Gasteiger partial charge in [-0.1, -0.05) is 17.3 Å². The van der Waals surface area contributed by atoms with Gasteiger partial charge in [0, 0.05) is 18.7 Å². The van der Waals surface area contributed by atoms with Gasteiger partial charge in [-0.15, -0.1) is 0 Å². The molecular weight excluding hydrogens is 301 g/mol. The molecule has 0 amide bonds. The van der Waals surface area contributed by atoms with Crippen LogP contribution in [-0.4, -0.2) is 45.8 Å². The number of likely N-dealkylation sites (tertiary alicyclic amines) is 1. The molecule has 1 saturated heterocycles. The summed E-state index contributed by atoms with van der Waals surface area (Å²) >= 11 is 0.